The third kappa shape index (κ3) is 5.69. The van der Waals surface area contributed by atoms with Gasteiger partial charge in [-0.15, -0.1) is 23.1 Å². The highest BCUT2D eigenvalue weighted by Crippen LogP contribution is 2.17. The molecule has 0 saturated carbocycles. The fraction of sp³-hybridized carbons (Fsp3) is 0.375. The first-order valence-electron chi connectivity index (χ1n) is 7.22. The van der Waals surface area contributed by atoms with Crippen LogP contribution in [-0.4, -0.2) is 30.3 Å². The number of aliphatic imine (C=N–C) groups is 1. The van der Waals surface area contributed by atoms with Crippen molar-refractivity contribution in [2.45, 2.75) is 25.3 Å². The second kappa shape index (κ2) is 8.80. The van der Waals surface area contributed by atoms with Crippen molar-refractivity contribution in [1.29, 1.82) is 0 Å². The van der Waals surface area contributed by atoms with Crippen molar-refractivity contribution in [3.8, 4) is 0 Å². The average Bonchev–Trinajstić information content (AvgIpc) is 2.94. The van der Waals surface area contributed by atoms with Crippen LogP contribution in [0.4, 0.5) is 0 Å². The molecule has 0 radical (unpaired) electrons. The number of nitrogens with zero attached hydrogens (tertiary/aromatic N) is 2. The molecular weight excluding hydrogens is 312 g/mol. The molecule has 0 amide bonds. The minimum atomic E-state index is 0.712. The Hall–Kier alpha value is -1.53. The molecular formula is C16H22N4S2. The summed E-state index contributed by atoms with van der Waals surface area (Å²) in [5.74, 6) is 1.82. The van der Waals surface area contributed by atoms with Gasteiger partial charge >= 0.3 is 0 Å². The van der Waals surface area contributed by atoms with Crippen LogP contribution in [0.15, 0.2) is 40.4 Å². The Balaban J connectivity index is 1.67. The summed E-state index contributed by atoms with van der Waals surface area (Å²) in [4.78, 5) is 11.1. The molecule has 0 aliphatic heterocycles. The second-order valence-electron chi connectivity index (χ2n) is 4.88. The molecule has 0 saturated heterocycles. The number of aromatic nitrogens is 1. The molecule has 0 bridgehead atoms. The van der Waals surface area contributed by atoms with Gasteiger partial charge in [0.1, 0.15) is 5.01 Å². The Morgan fingerprint density at radius 2 is 2.00 bits per heavy atom. The summed E-state index contributed by atoms with van der Waals surface area (Å²) >= 11 is 3.55. The van der Waals surface area contributed by atoms with Crippen molar-refractivity contribution in [2.75, 3.05) is 19.3 Å². The number of hydrogen-bond donors (Lipinski definition) is 2. The van der Waals surface area contributed by atoms with Gasteiger partial charge in [-0.1, -0.05) is 17.7 Å². The summed E-state index contributed by atoms with van der Waals surface area (Å²) in [5.41, 5.74) is 1.30. The molecule has 0 unspecified atom stereocenters. The highest BCUT2D eigenvalue weighted by molar-refractivity contribution is 7.99. The zero-order valence-corrected chi connectivity index (χ0v) is 14.9. The summed E-state index contributed by atoms with van der Waals surface area (Å²) < 4.78 is 0. The van der Waals surface area contributed by atoms with Gasteiger partial charge < -0.3 is 10.6 Å². The summed E-state index contributed by atoms with van der Waals surface area (Å²) in [6, 6.07) is 8.62. The Labute approximate surface area is 140 Å². The molecule has 4 nitrogen and oxygen atoms in total. The van der Waals surface area contributed by atoms with Gasteiger partial charge in [0.15, 0.2) is 5.96 Å². The van der Waals surface area contributed by atoms with Gasteiger partial charge in [-0.05, 0) is 26.0 Å². The van der Waals surface area contributed by atoms with Crippen molar-refractivity contribution in [3.05, 3.63) is 45.9 Å². The first kappa shape index (κ1) is 16.8. The maximum Gasteiger partial charge on any atom is 0.191 e. The zero-order valence-electron chi connectivity index (χ0n) is 13.2. The van der Waals surface area contributed by atoms with E-state index in [9.17, 15) is 0 Å². The number of benzene rings is 1. The number of guanidine groups is 1. The lowest BCUT2D eigenvalue weighted by molar-refractivity contribution is 0.827. The lowest BCUT2D eigenvalue weighted by Crippen LogP contribution is -2.37. The van der Waals surface area contributed by atoms with Gasteiger partial charge in [0.2, 0.25) is 0 Å². The van der Waals surface area contributed by atoms with E-state index in [0.717, 1.165) is 23.3 Å². The van der Waals surface area contributed by atoms with E-state index in [4.69, 9.17) is 0 Å². The molecule has 0 aliphatic rings. The average molecular weight is 335 g/mol. The van der Waals surface area contributed by atoms with Crippen molar-refractivity contribution in [3.63, 3.8) is 0 Å². The van der Waals surface area contributed by atoms with Crippen LogP contribution in [0.1, 0.15) is 15.4 Å². The molecule has 118 valence electrons. The largest absolute Gasteiger partial charge is 0.356 e. The topological polar surface area (TPSA) is 49.3 Å². The van der Waals surface area contributed by atoms with Gasteiger partial charge in [-0.3, -0.25) is 4.99 Å². The highest BCUT2D eigenvalue weighted by atomic mass is 32.2. The second-order valence-corrected chi connectivity index (χ2v) is 7.37. The van der Waals surface area contributed by atoms with Crippen LogP contribution in [-0.2, 0) is 6.54 Å². The van der Waals surface area contributed by atoms with Crippen molar-refractivity contribution >= 4 is 29.1 Å². The maximum absolute atomic E-state index is 4.33. The first-order valence-corrected chi connectivity index (χ1v) is 9.03. The van der Waals surface area contributed by atoms with E-state index >= 15 is 0 Å². The Morgan fingerprint density at radius 3 is 2.64 bits per heavy atom. The minimum Gasteiger partial charge on any atom is -0.356 e. The van der Waals surface area contributed by atoms with Gasteiger partial charge in [-0.25, -0.2) is 4.98 Å². The van der Waals surface area contributed by atoms with Crippen LogP contribution in [0.2, 0.25) is 0 Å². The summed E-state index contributed by atoms with van der Waals surface area (Å²) in [5, 5.41) is 7.68. The molecule has 0 spiro atoms. The van der Waals surface area contributed by atoms with Gasteiger partial charge in [-0.2, -0.15) is 0 Å². The van der Waals surface area contributed by atoms with E-state index < -0.39 is 0 Å². The predicted octanol–water partition coefficient (Wildman–Crippen LogP) is 3.22. The fourth-order valence-electron chi connectivity index (χ4n) is 1.84. The third-order valence-corrected chi connectivity index (χ3v) is 4.91. The number of hydrogen-bond acceptors (Lipinski definition) is 4. The van der Waals surface area contributed by atoms with E-state index in [1.54, 1.807) is 18.4 Å². The van der Waals surface area contributed by atoms with Crippen LogP contribution in [0.25, 0.3) is 0 Å². The van der Waals surface area contributed by atoms with Gasteiger partial charge in [0, 0.05) is 35.3 Å². The maximum atomic E-state index is 4.33. The molecule has 1 aromatic carbocycles. The molecule has 1 aromatic heterocycles. The van der Waals surface area contributed by atoms with Crippen LogP contribution in [0, 0.1) is 13.8 Å². The number of thioether (sulfide) groups is 1. The summed E-state index contributed by atoms with van der Waals surface area (Å²) in [6.07, 6.45) is 1.90. The first-order chi connectivity index (χ1) is 10.7. The zero-order chi connectivity index (χ0) is 15.8. The van der Waals surface area contributed by atoms with E-state index in [1.807, 2.05) is 18.0 Å². The Kier molecular flexibility index (Phi) is 6.74. The van der Waals surface area contributed by atoms with Gasteiger partial charge in [0.05, 0.1) is 6.54 Å². The normalized spacial score (nSPS) is 11.5. The summed E-state index contributed by atoms with van der Waals surface area (Å²) in [7, 11) is 1.79. The lowest BCUT2D eigenvalue weighted by atomic mass is 10.2. The standard InChI is InChI=1S/C16H22N4S2/c1-12-4-6-14(7-5-12)21-9-8-18-16(17-3)20-11-15-19-10-13(2)22-15/h4-7,10H,8-9,11H2,1-3H3,(H2,17,18,20). The monoisotopic (exact) mass is 334 g/mol. The predicted molar refractivity (Wildman–Crippen MR) is 97.0 cm³/mol. The van der Waals surface area contributed by atoms with Crippen LogP contribution in [0.5, 0.6) is 0 Å². The molecule has 0 atom stereocenters. The number of nitrogens with one attached hydrogen (secondary N) is 2. The van der Waals surface area contributed by atoms with Crippen LogP contribution in [0.3, 0.4) is 0 Å². The molecule has 6 heteroatoms. The molecule has 2 aromatic rings. The molecule has 2 rings (SSSR count). The van der Waals surface area contributed by atoms with E-state index in [0.29, 0.717) is 6.54 Å². The SMILES string of the molecule is CN=C(NCCSc1ccc(C)cc1)NCc1ncc(C)s1. The van der Waals surface area contributed by atoms with Crippen molar-refractivity contribution in [1.82, 2.24) is 15.6 Å². The fourth-order valence-corrected chi connectivity index (χ4v) is 3.33. The highest BCUT2D eigenvalue weighted by Gasteiger charge is 2.01. The molecule has 0 aliphatic carbocycles. The number of aryl methyl sites for hydroxylation is 2. The molecule has 1 heterocycles. The molecule has 0 fully saturated rings. The van der Waals surface area contributed by atoms with Crippen molar-refractivity contribution < 1.29 is 0 Å². The van der Waals surface area contributed by atoms with Crippen LogP contribution < -0.4 is 10.6 Å². The van der Waals surface area contributed by atoms with Crippen molar-refractivity contribution in [2.24, 2.45) is 4.99 Å². The number of rotatable bonds is 6. The number of thiazole rings is 1. The third-order valence-electron chi connectivity index (χ3n) is 2.98. The smallest absolute Gasteiger partial charge is 0.191 e. The molecule has 2 N–H and O–H groups in total. The Bertz CT molecular complexity index is 605. The quantitative estimate of drug-likeness (QED) is 0.369. The summed E-state index contributed by atoms with van der Waals surface area (Å²) in [6.45, 7) is 5.75. The minimum absolute atomic E-state index is 0.712. The van der Waals surface area contributed by atoms with E-state index in [-0.39, 0.29) is 0 Å². The molecule has 22 heavy (non-hydrogen) atoms. The lowest BCUT2D eigenvalue weighted by Gasteiger charge is -2.10. The van der Waals surface area contributed by atoms with E-state index in [1.165, 1.54) is 15.3 Å². The van der Waals surface area contributed by atoms with Gasteiger partial charge in [0.25, 0.3) is 0 Å². The Morgan fingerprint density at radius 1 is 1.23 bits per heavy atom. The van der Waals surface area contributed by atoms with Crippen LogP contribution >= 0.6 is 23.1 Å². The van der Waals surface area contributed by atoms with E-state index in [2.05, 4.69) is 58.7 Å².